The van der Waals surface area contributed by atoms with Crippen molar-refractivity contribution in [2.75, 3.05) is 43.9 Å². The third-order valence-corrected chi connectivity index (χ3v) is 4.58. The van der Waals surface area contributed by atoms with E-state index in [4.69, 9.17) is 5.73 Å². The standard InChI is InChI=1S/C15H20N4S/c1-18-6-8-19(9-7-18)13-4-2-12(3-5-13)10-14-11-17-15(16)20-14/h2-5,11H,6-10H2,1H3,(H2,16,17). The van der Waals surface area contributed by atoms with E-state index in [2.05, 4.69) is 46.1 Å². The molecule has 1 fully saturated rings. The molecule has 5 heteroatoms. The average molecular weight is 288 g/mol. The lowest BCUT2D eigenvalue weighted by atomic mass is 10.1. The Balaban J connectivity index is 1.65. The van der Waals surface area contributed by atoms with Crippen LogP contribution in [0.4, 0.5) is 10.8 Å². The van der Waals surface area contributed by atoms with E-state index in [1.54, 1.807) is 11.3 Å². The Morgan fingerprint density at radius 3 is 2.45 bits per heavy atom. The lowest BCUT2D eigenvalue weighted by molar-refractivity contribution is 0.313. The van der Waals surface area contributed by atoms with Gasteiger partial charge in [-0.05, 0) is 24.7 Å². The molecule has 0 radical (unpaired) electrons. The topological polar surface area (TPSA) is 45.4 Å². The molecule has 1 aliphatic rings. The van der Waals surface area contributed by atoms with Gasteiger partial charge in [0.15, 0.2) is 5.13 Å². The summed E-state index contributed by atoms with van der Waals surface area (Å²) in [6.45, 7) is 4.51. The van der Waals surface area contributed by atoms with Crippen LogP contribution in [-0.4, -0.2) is 43.1 Å². The summed E-state index contributed by atoms with van der Waals surface area (Å²) in [5.41, 5.74) is 8.30. The molecule has 0 bridgehead atoms. The second-order valence-electron chi connectivity index (χ2n) is 5.30. The normalized spacial score (nSPS) is 16.6. The molecule has 0 amide bonds. The van der Waals surface area contributed by atoms with E-state index in [1.807, 2.05) is 6.20 Å². The van der Waals surface area contributed by atoms with Crippen molar-refractivity contribution in [3.8, 4) is 0 Å². The summed E-state index contributed by atoms with van der Waals surface area (Å²) in [5.74, 6) is 0. The largest absolute Gasteiger partial charge is 0.375 e. The van der Waals surface area contributed by atoms with Crippen molar-refractivity contribution >= 4 is 22.2 Å². The van der Waals surface area contributed by atoms with Gasteiger partial charge in [0, 0.05) is 49.4 Å². The van der Waals surface area contributed by atoms with Crippen LogP contribution >= 0.6 is 11.3 Å². The van der Waals surface area contributed by atoms with Crippen molar-refractivity contribution in [3.63, 3.8) is 0 Å². The third kappa shape index (κ3) is 3.11. The SMILES string of the molecule is CN1CCN(c2ccc(Cc3cnc(N)s3)cc2)CC1. The number of thiazole rings is 1. The van der Waals surface area contributed by atoms with Gasteiger partial charge < -0.3 is 15.5 Å². The fourth-order valence-corrected chi connectivity index (χ4v) is 3.21. The number of rotatable bonds is 3. The molecule has 0 saturated carbocycles. The van der Waals surface area contributed by atoms with Crippen LogP contribution in [0.2, 0.25) is 0 Å². The van der Waals surface area contributed by atoms with E-state index >= 15 is 0 Å². The van der Waals surface area contributed by atoms with E-state index in [9.17, 15) is 0 Å². The maximum absolute atomic E-state index is 5.66. The van der Waals surface area contributed by atoms with Gasteiger partial charge in [0.2, 0.25) is 0 Å². The summed E-state index contributed by atoms with van der Waals surface area (Å²) in [6.07, 6.45) is 2.78. The van der Waals surface area contributed by atoms with Crippen LogP contribution in [0.15, 0.2) is 30.5 Å². The van der Waals surface area contributed by atoms with Crippen molar-refractivity contribution in [2.45, 2.75) is 6.42 Å². The minimum atomic E-state index is 0.647. The highest BCUT2D eigenvalue weighted by Gasteiger charge is 2.13. The molecule has 1 aromatic carbocycles. The number of hydrogen-bond acceptors (Lipinski definition) is 5. The maximum atomic E-state index is 5.66. The number of hydrogen-bond donors (Lipinski definition) is 1. The number of anilines is 2. The molecule has 0 aliphatic carbocycles. The first-order chi connectivity index (χ1) is 9.70. The van der Waals surface area contributed by atoms with E-state index in [-0.39, 0.29) is 0 Å². The molecule has 106 valence electrons. The number of nitrogen functional groups attached to an aromatic ring is 1. The number of piperazine rings is 1. The van der Waals surface area contributed by atoms with Crippen LogP contribution in [0.25, 0.3) is 0 Å². The fraction of sp³-hybridized carbons (Fsp3) is 0.400. The number of nitrogens with two attached hydrogens (primary N) is 1. The molecule has 2 aromatic rings. The van der Waals surface area contributed by atoms with Crippen molar-refractivity contribution in [1.29, 1.82) is 0 Å². The first-order valence-electron chi connectivity index (χ1n) is 6.93. The minimum absolute atomic E-state index is 0.647. The van der Waals surface area contributed by atoms with E-state index in [1.165, 1.54) is 16.1 Å². The Labute approximate surface area is 123 Å². The lowest BCUT2D eigenvalue weighted by Crippen LogP contribution is -2.44. The van der Waals surface area contributed by atoms with Crippen molar-refractivity contribution in [2.24, 2.45) is 0 Å². The smallest absolute Gasteiger partial charge is 0.180 e. The lowest BCUT2D eigenvalue weighted by Gasteiger charge is -2.34. The molecular weight excluding hydrogens is 268 g/mol. The first-order valence-corrected chi connectivity index (χ1v) is 7.75. The number of likely N-dealkylation sites (N-methyl/N-ethyl adjacent to an activating group) is 1. The van der Waals surface area contributed by atoms with Gasteiger partial charge in [-0.3, -0.25) is 0 Å². The maximum Gasteiger partial charge on any atom is 0.180 e. The zero-order valence-electron chi connectivity index (χ0n) is 11.7. The van der Waals surface area contributed by atoms with Gasteiger partial charge in [0.25, 0.3) is 0 Å². The second kappa shape index (κ2) is 5.81. The Kier molecular flexibility index (Phi) is 3.89. The summed E-state index contributed by atoms with van der Waals surface area (Å²) >= 11 is 1.57. The molecule has 0 spiro atoms. The van der Waals surface area contributed by atoms with Gasteiger partial charge in [-0.1, -0.05) is 12.1 Å². The van der Waals surface area contributed by atoms with Gasteiger partial charge >= 0.3 is 0 Å². The first kappa shape index (κ1) is 13.4. The van der Waals surface area contributed by atoms with E-state index in [0.717, 1.165) is 32.6 Å². The molecule has 1 aliphatic heterocycles. The van der Waals surface area contributed by atoms with Crippen molar-refractivity contribution in [1.82, 2.24) is 9.88 Å². The van der Waals surface area contributed by atoms with Crippen molar-refractivity contribution < 1.29 is 0 Å². The monoisotopic (exact) mass is 288 g/mol. The molecule has 0 atom stereocenters. The Morgan fingerprint density at radius 2 is 1.85 bits per heavy atom. The van der Waals surface area contributed by atoms with Gasteiger partial charge in [0.1, 0.15) is 0 Å². The van der Waals surface area contributed by atoms with Gasteiger partial charge in [0.05, 0.1) is 0 Å². The third-order valence-electron chi connectivity index (χ3n) is 3.75. The van der Waals surface area contributed by atoms with Crippen LogP contribution in [0.5, 0.6) is 0 Å². The summed E-state index contributed by atoms with van der Waals surface area (Å²) in [5, 5.41) is 0.647. The highest BCUT2D eigenvalue weighted by molar-refractivity contribution is 7.15. The molecule has 2 heterocycles. The Morgan fingerprint density at radius 1 is 1.15 bits per heavy atom. The van der Waals surface area contributed by atoms with Crippen LogP contribution < -0.4 is 10.6 Å². The number of benzene rings is 1. The van der Waals surface area contributed by atoms with E-state index in [0.29, 0.717) is 5.13 Å². The molecule has 20 heavy (non-hydrogen) atoms. The number of aromatic nitrogens is 1. The zero-order valence-corrected chi connectivity index (χ0v) is 12.6. The van der Waals surface area contributed by atoms with Crippen LogP contribution in [-0.2, 0) is 6.42 Å². The molecule has 0 unspecified atom stereocenters. The molecule has 3 rings (SSSR count). The van der Waals surface area contributed by atoms with Gasteiger partial charge in [-0.25, -0.2) is 4.98 Å². The highest BCUT2D eigenvalue weighted by Crippen LogP contribution is 2.21. The number of nitrogens with zero attached hydrogens (tertiary/aromatic N) is 3. The van der Waals surface area contributed by atoms with Crippen LogP contribution in [0.1, 0.15) is 10.4 Å². The van der Waals surface area contributed by atoms with Gasteiger partial charge in [-0.2, -0.15) is 0 Å². The minimum Gasteiger partial charge on any atom is -0.375 e. The highest BCUT2D eigenvalue weighted by atomic mass is 32.1. The molecule has 2 N–H and O–H groups in total. The van der Waals surface area contributed by atoms with Crippen LogP contribution in [0, 0.1) is 0 Å². The fourth-order valence-electron chi connectivity index (χ4n) is 2.49. The molecule has 1 saturated heterocycles. The predicted octanol–water partition coefficient (Wildman–Crippen LogP) is 2.07. The predicted molar refractivity (Wildman–Crippen MR) is 85.5 cm³/mol. The quantitative estimate of drug-likeness (QED) is 0.939. The van der Waals surface area contributed by atoms with E-state index < -0.39 is 0 Å². The summed E-state index contributed by atoms with van der Waals surface area (Å²) in [6, 6.07) is 8.88. The average Bonchev–Trinajstić information content (AvgIpc) is 2.86. The van der Waals surface area contributed by atoms with Crippen LogP contribution in [0.3, 0.4) is 0 Å². The summed E-state index contributed by atoms with van der Waals surface area (Å²) in [7, 11) is 2.18. The second-order valence-corrected chi connectivity index (χ2v) is 6.45. The zero-order chi connectivity index (χ0) is 13.9. The Bertz CT molecular complexity index is 556. The molecule has 1 aromatic heterocycles. The summed E-state index contributed by atoms with van der Waals surface area (Å²) < 4.78 is 0. The summed E-state index contributed by atoms with van der Waals surface area (Å²) in [4.78, 5) is 10.1. The molecule has 4 nitrogen and oxygen atoms in total. The van der Waals surface area contributed by atoms with Gasteiger partial charge in [-0.15, -0.1) is 11.3 Å². The van der Waals surface area contributed by atoms with Crippen molar-refractivity contribution in [3.05, 3.63) is 40.9 Å². The Hall–Kier alpha value is -1.59. The molecular formula is C15H20N4S.